The van der Waals surface area contributed by atoms with Crippen molar-refractivity contribution < 1.29 is 4.74 Å². The number of hydrogen-bond donors (Lipinski definition) is 0. The van der Waals surface area contributed by atoms with E-state index in [1.165, 1.54) is 0 Å². The smallest absolute Gasteiger partial charge is 0.179 e. The summed E-state index contributed by atoms with van der Waals surface area (Å²) in [6, 6.07) is 0. The Labute approximate surface area is 78.9 Å². The Bertz CT molecular complexity index is 257. The fourth-order valence-electron chi connectivity index (χ4n) is 1.23. The van der Waals surface area contributed by atoms with Crippen LogP contribution in [-0.2, 0) is 11.8 Å². The van der Waals surface area contributed by atoms with E-state index in [-0.39, 0.29) is 6.10 Å². The maximum atomic E-state index is 5.56. The summed E-state index contributed by atoms with van der Waals surface area (Å²) in [5.41, 5.74) is 0. The lowest BCUT2D eigenvalue weighted by molar-refractivity contribution is 0.0232. The van der Waals surface area contributed by atoms with Crippen LogP contribution < -0.4 is 0 Å². The molecule has 0 unspecified atom stereocenters. The van der Waals surface area contributed by atoms with Crippen molar-refractivity contribution in [3.8, 4) is 0 Å². The van der Waals surface area contributed by atoms with Gasteiger partial charge in [0.2, 0.25) is 0 Å². The molecule has 1 rings (SSSR count). The van der Waals surface area contributed by atoms with Gasteiger partial charge in [-0.3, -0.25) is 4.68 Å². The second-order valence-electron chi connectivity index (χ2n) is 3.40. The molecule has 0 aliphatic rings. The third-order valence-electron chi connectivity index (χ3n) is 1.82. The van der Waals surface area contributed by atoms with Gasteiger partial charge in [-0.25, -0.2) is 4.98 Å². The highest BCUT2D eigenvalue weighted by atomic mass is 16.5. The zero-order chi connectivity index (χ0) is 9.84. The Kier molecular flexibility index (Phi) is 3.42. The highest BCUT2D eigenvalue weighted by Crippen LogP contribution is 2.21. The zero-order valence-corrected chi connectivity index (χ0v) is 8.69. The maximum Gasteiger partial charge on any atom is 0.179 e. The summed E-state index contributed by atoms with van der Waals surface area (Å²) in [5.74, 6) is 1.18. The van der Waals surface area contributed by atoms with Crippen molar-refractivity contribution in [3.05, 3.63) is 12.2 Å². The fourth-order valence-corrected chi connectivity index (χ4v) is 1.23. The van der Waals surface area contributed by atoms with Crippen LogP contribution in [0.4, 0.5) is 0 Å². The van der Waals surface area contributed by atoms with Crippen LogP contribution in [0.5, 0.6) is 0 Å². The molecular formula is C9H17N3O. The summed E-state index contributed by atoms with van der Waals surface area (Å²) in [6.07, 6.45) is 1.72. The van der Waals surface area contributed by atoms with Crippen molar-refractivity contribution in [2.24, 2.45) is 13.0 Å². The number of hydrogen-bond acceptors (Lipinski definition) is 3. The molecule has 0 amide bonds. The van der Waals surface area contributed by atoms with Gasteiger partial charge in [-0.2, -0.15) is 5.10 Å². The molecule has 0 N–H and O–H groups in total. The average molecular weight is 183 g/mol. The summed E-state index contributed by atoms with van der Waals surface area (Å²) >= 11 is 0. The molecule has 13 heavy (non-hydrogen) atoms. The van der Waals surface area contributed by atoms with E-state index in [0.29, 0.717) is 12.5 Å². The number of nitrogens with zero attached hydrogens (tertiary/aromatic N) is 3. The summed E-state index contributed by atoms with van der Waals surface area (Å²) < 4.78 is 7.26. The van der Waals surface area contributed by atoms with Crippen LogP contribution >= 0.6 is 0 Å². The minimum atomic E-state index is 0.0196. The van der Waals surface area contributed by atoms with Crippen molar-refractivity contribution in [1.29, 1.82) is 0 Å². The Morgan fingerprint density at radius 1 is 1.54 bits per heavy atom. The Hall–Kier alpha value is -0.900. The lowest BCUT2D eigenvalue weighted by Crippen LogP contribution is -2.13. The molecule has 74 valence electrons. The molecule has 0 aromatic carbocycles. The molecule has 0 saturated heterocycles. The summed E-state index contributed by atoms with van der Waals surface area (Å²) in [5, 5.41) is 4.23. The first-order chi connectivity index (χ1) is 6.15. The van der Waals surface area contributed by atoms with Crippen LogP contribution in [-0.4, -0.2) is 21.4 Å². The van der Waals surface area contributed by atoms with Gasteiger partial charge >= 0.3 is 0 Å². The van der Waals surface area contributed by atoms with Crippen molar-refractivity contribution in [2.75, 3.05) is 6.61 Å². The second-order valence-corrected chi connectivity index (χ2v) is 3.40. The van der Waals surface area contributed by atoms with Gasteiger partial charge in [0, 0.05) is 13.7 Å². The van der Waals surface area contributed by atoms with Crippen LogP contribution in [0.25, 0.3) is 0 Å². The molecular weight excluding hydrogens is 166 g/mol. The zero-order valence-electron chi connectivity index (χ0n) is 8.69. The molecule has 1 aromatic rings. The van der Waals surface area contributed by atoms with Gasteiger partial charge in [-0.15, -0.1) is 0 Å². The van der Waals surface area contributed by atoms with E-state index in [9.17, 15) is 0 Å². The average Bonchev–Trinajstić information content (AvgIpc) is 2.46. The number of aromatic nitrogens is 3. The van der Waals surface area contributed by atoms with Crippen LogP contribution in [0.3, 0.4) is 0 Å². The van der Waals surface area contributed by atoms with Crippen molar-refractivity contribution in [1.82, 2.24) is 14.8 Å². The standard InChI is InChI=1S/C9H17N3O/c1-5-13-8(7(2)3)9-10-6-12(4)11-9/h6-8H,5H2,1-4H3/t8-/m0/s1. The molecule has 1 atom stereocenters. The monoisotopic (exact) mass is 183 g/mol. The predicted molar refractivity (Wildman–Crippen MR) is 50.2 cm³/mol. The van der Waals surface area contributed by atoms with E-state index in [4.69, 9.17) is 4.74 Å². The van der Waals surface area contributed by atoms with E-state index < -0.39 is 0 Å². The molecule has 0 spiro atoms. The SMILES string of the molecule is CCO[C@H](c1ncn(C)n1)C(C)C. The minimum Gasteiger partial charge on any atom is -0.370 e. The molecule has 0 radical (unpaired) electrons. The van der Waals surface area contributed by atoms with Gasteiger partial charge in [0.25, 0.3) is 0 Å². The highest BCUT2D eigenvalue weighted by molar-refractivity contribution is 4.89. The van der Waals surface area contributed by atoms with Gasteiger partial charge in [0.1, 0.15) is 12.4 Å². The number of ether oxygens (including phenoxy) is 1. The first-order valence-electron chi connectivity index (χ1n) is 4.62. The highest BCUT2D eigenvalue weighted by Gasteiger charge is 2.19. The van der Waals surface area contributed by atoms with Crippen molar-refractivity contribution in [2.45, 2.75) is 26.9 Å². The first-order valence-corrected chi connectivity index (χ1v) is 4.62. The number of rotatable bonds is 4. The van der Waals surface area contributed by atoms with Crippen LogP contribution in [0.1, 0.15) is 32.7 Å². The van der Waals surface area contributed by atoms with Gasteiger partial charge in [0.15, 0.2) is 5.82 Å². The third-order valence-corrected chi connectivity index (χ3v) is 1.82. The summed E-state index contributed by atoms with van der Waals surface area (Å²) in [6.45, 7) is 6.90. The van der Waals surface area contributed by atoms with E-state index in [1.807, 2.05) is 14.0 Å². The molecule has 4 nitrogen and oxygen atoms in total. The molecule has 0 bridgehead atoms. The largest absolute Gasteiger partial charge is 0.370 e. The number of aryl methyl sites for hydroxylation is 1. The Balaban J connectivity index is 2.75. The van der Waals surface area contributed by atoms with Crippen LogP contribution in [0, 0.1) is 5.92 Å². The van der Waals surface area contributed by atoms with Gasteiger partial charge < -0.3 is 4.74 Å². The molecule has 4 heteroatoms. The third kappa shape index (κ3) is 2.52. The molecule has 0 fully saturated rings. The topological polar surface area (TPSA) is 39.9 Å². The van der Waals surface area contributed by atoms with Crippen molar-refractivity contribution >= 4 is 0 Å². The molecule has 0 aliphatic carbocycles. The normalized spacial score (nSPS) is 13.6. The van der Waals surface area contributed by atoms with Gasteiger partial charge in [-0.1, -0.05) is 13.8 Å². The lowest BCUT2D eigenvalue weighted by Gasteiger charge is -2.17. The first kappa shape index (κ1) is 10.2. The molecule has 0 saturated carbocycles. The Morgan fingerprint density at radius 2 is 2.23 bits per heavy atom. The minimum absolute atomic E-state index is 0.0196. The summed E-state index contributed by atoms with van der Waals surface area (Å²) in [7, 11) is 1.86. The fraction of sp³-hybridized carbons (Fsp3) is 0.778. The van der Waals surface area contributed by atoms with E-state index >= 15 is 0 Å². The van der Waals surface area contributed by atoms with Crippen molar-refractivity contribution in [3.63, 3.8) is 0 Å². The quantitative estimate of drug-likeness (QED) is 0.711. The van der Waals surface area contributed by atoms with Gasteiger partial charge in [0.05, 0.1) is 0 Å². The van der Waals surface area contributed by atoms with E-state index in [0.717, 1.165) is 5.82 Å². The summed E-state index contributed by atoms with van der Waals surface area (Å²) in [4.78, 5) is 4.18. The molecule has 1 aromatic heterocycles. The second kappa shape index (κ2) is 4.37. The predicted octanol–water partition coefficient (Wildman–Crippen LogP) is 1.55. The van der Waals surface area contributed by atoms with Crippen LogP contribution in [0.2, 0.25) is 0 Å². The molecule has 1 heterocycles. The van der Waals surface area contributed by atoms with E-state index in [2.05, 4.69) is 23.9 Å². The maximum absolute atomic E-state index is 5.56. The van der Waals surface area contributed by atoms with E-state index in [1.54, 1.807) is 11.0 Å². The van der Waals surface area contributed by atoms with Crippen LogP contribution in [0.15, 0.2) is 6.33 Å². The molecule has 0 aliphatic heterocycles. The lowest BCUT2D eigenvalue weighted by atomic mass is 10.1. The Morgan fingerprint density at radius 3 is 2.62 bits per heavy atom. The van der Waals surface area contributed by atoms with Gasteiger partial charge in [-0.05, 0) is 12.8 Å².